The molecule has 0 radical (unpaired) electrons. The highest BCUT2D eigenvalue weighted by Gasteiger charge is 2.25. The number of aromatic amines is 1. The van der Waals surface area contributed by atoms with Gasteiger partial charge in [0.15, 0.2) is 0 Å². The quantitative estimate of drug-likeness (QED) is 0.808. The van der Waals surface area contributed by atoms with Crippen LogP contribution >= 0.6 is 0 Å². The van der Waals surface area contributed by atoms with Gasteiger partial charge < -0.3 is 20.9 Å². The number of hydrogen-bond acceptors (Lipinski definition) is 3. The number of rotatable bonds is 3. The van der Waals surface area contributed by atoms with Gasteiger partial charge >= 0.3 is 0 Å². The molecule has 1 saturated heterocycles. The van der Waals surface area contributed by atoms with Crippen LogP contribution in [0.4, 0.5) is 5.69 Å². The highest BCUT2D eigenvalue weighted by Crippen LogP contribution is 2.32. The molecule has 1 aliphatic rings. The number of anilines is 1. The van der Waals surface area contributed by atoms with E-state index in [-0.39, 0.29) is 11.9 Å². The van der Waals surface area contributed by atoms with Crippen molar-refractivity contribution in [3.63, 3.8) is 0 Å². The van der Waals surface area contributed by atoms with E-state index in [2.05, 4.69) is 10.3 Å². The molecule has 6 nitrogen and oxygen atoms in total. The maximum atomic E-state index is 11.6. The van der Waals surface area contributed by atoms with E-state index in [0.717, 1.165) is 40.8 Å². The van der Waals surface area contributed by atoms with Crippen LogP contribution in [0.25, 0.3) is 10.9 Å². The second-order valence-electron chi connectivity index (χ2n) is 6.24. The Balaban J connectivity index is 1.97. The zero-order valence-electron chi connectivity index (χ0n) is 13.7. The van der Waals surface area contributed by atoms with Crippen molar-refractivity contribution in [3.05, 3.63) is 29.0 Å². The summed E-state index contributed by atoms with van der Waals surface area (Å²) in [7, 11) is 0. The maximum absolute atomic E-state index is 11.6. The van der Waals surface area contributed by atoms with Crippen molar-refractivity contribution < 1.29 is 9.59 Å². The Morgan fingerprint density at radius 1 is 1.35 bits per heavy atom. The summed E-state index contributed by atoms with van der Waals surface area (Å²) in [6, 6.07) is 3.87. The number of aromatic nitrogens is 1. The monoisotopic (exact) mass is 314 g/mol. The fraction of sp³-hybridized carbons (Fsp3) is 0.412. The minimum atomic E-state index is -0.438. The van der Waals surface area contributed by atoms with Gasteiger partial charge in [0.05, 0.1) is 11.1 Å². The Kier molecular flexibility index (Phi) is 3.75. The zero-order valence-corrected chi connectivity index (χ0v) is 13.7. The van der Waals surface area contributed by atoms with Crippen molar-refractivity contribution in [2.45, 2.75) is 33.2 Å². The molecular weight excluding hydrogens is 292 g/mol. The van der Waals surface area contributed by atoms with E-state index >= 15 is 0 Å². The van der Waals surface area contributed by atoms with Crippen LogP contribution in [0.15, 0.2) is 12.1 Å². The molecule has 1 aromatic heterocycles. The molecule has 1 atom stereocenters. The number of H-pyrrole nitrogens is 1. The molecule has 2 amide bonds. The number of nitrogens with one attached hydrogen (secondary N) is 2. The lowest BCUT2D eigenvalue weighted by atomic mass is 10.0. The average molecular weight is 314 g/mol. The van der Waals surface area contributed by atoms with Gasteiger partial charge in [-0.05, 0) is 38.0 Å². The molecule has 1 unspecified atom stereocenters. The minimum Gasteiger partial charge on any atom is -0.380 e. The van der Waals surface area contributed by atoms with Crippen molar-refractivity contribution in [2.24, 2.45) is 5.73 Å². The lowest BCUT2D eigenvalue weighted by Gasteiger charge is -2.17. The van der Waals surface area contributed by atoms with Gasteiger partial charge in [0.2, 0.25) is 5.91 Å². The predicted molar refractivity (Wildman–Crippen MR) is 90.6 cm³/mol. The standard InChI is InChI=1S/C17H22N4O2/c1-9-10(2)19-16-13(17(18)23)4-5-14(15(9)16)20-12-6-7-21(8-12)11(3)22/h4-5,12,19-20H,6-8H2,1-3H3,(H2,18,23). The molecule has 1 aromatic carbocycles. The van der Waals surface area contributed by atoms with Gasteiger partial charge in [-0.1, -0.05) is 0 Å². The number of likely N-dealkylation sites (tertiary alicyclic amines) is 1. The Bertz CT molecular complexity index is 793. The van der Waals surface area contributed by atoms with E-state index in [4.69, 9.17) is 5.73 Å². The van der Waals surface area contributed by atoms with Crippen molar-refractivity contribution in [1.29, 1.82) is 0 Å². The molecule has 1 fully saturated rings. The number of benzene rings is 1. The first-order valence-electron chi connectivity index (χ1n) is 7.82. The second-order valence-corrected chi connectivity index (χ2v) is 6.24. The third kappa shape index (κ3) is 2.65. The molecule has 3 rings (SSSR count). The Morgan fingerprint density at radius 2 is 2.09 bits per heavy atom. The topological polar surface area (TPSA) is 91.2 Å². The van der Waals surface area contributed by atoms with Gasteiger partial charge in [-0.3, -0.25) is 9.59 Å². The Labute approximate surface area is 135 Å². The molecule has 0 saturated carbocycles. The summed E-state index contributed by atoms with van der Waals surface area (Å²) in [5.74, 6) is -0.330. The molecule has 0 bridgehead atoms. The van der Waals surface area contributed by atoms with Gasteiger partial charge in [-0.2, -0.15) is 0 Å². The number of hydrogen-bond donors (Lipinski definition) is 3. The highest BCUT2D eigenvalue weighted by molar-refractivity contribution is 6.09. The van der Waals surface area contributed by atoms with Crippen LogP contribution in [0, 0.1) is 13.8 Å². The first-order chi connectivity index (χ1) is 10.9. The molecule has 23 heavy (non-hydrogen) atoms. The summed E-state index contributed by atoms with van der Waals surface area (Å²) >= 11 is 0. The van der Waals surface area contributed by atoms with Crippen molar-refractivity contribution in [3.8, 4) is 0 Å². The predicted octanol–water partition coefficient (Wildman–Crippen LogP) is 1.92. The fourth-order valence-electron chi connectivity index (χ4n) is 3.30. The smallest absolute Gasteiger partial charge is 0.250 e. The third-order valence-corrected chi connectivity index (χ3v) is 4.71. The van der Waals surface area contributed by atoms with Crippen LogP contribution < -0.4 is 11.1 Å². The van der Waals surface area contributed by atoms with E-state index in [1.54, 1.807) is 13.0 Å². The molecule has 2 aromatic rings. The van der Waals surface area contributed by atoms with Crippen molar-refractivity contribution in [1.82, 2.24) is 9.88 Å². The van der Waals surface area contributed by atoms with E-state index in [1.165, 1.54) is 0 Å². The summed E-state index contributed by atoms with van der Waals surface area (Å²) in [5.41, 5.74) is 9.86. The van der Waals surface area contributed by atoms with Crippen LogP contribution in [-0.2, 0) is 4.79 Å². The number of nitrogens with zero attached hydrogens (tertiary/aromatic N) is 1. The molecule has 122 valence electrons. The summed E-state index contributed by atoms with van der Waals surface area (Å²) in [6.07, 6.45) is 0.918. The fourth-order valence-corrected chi connectivity index (χ4v) is 3.30. The van der Waals surface area contributed by atoms with Crippen LogP contribution in [-0.4, -0.2) is 40.8 Å². The van der Waals surface area contributed by atoms with Crippen molar-refractivity contribution >= 4 is 28.4 Å². The summed E-state index contributed by atoms with van der Waals surface area (Å²) < 4.78 is 0. The second kappa shape index (κ2) is 5.61. The van der Waals surface area contributed by atoms with Gasteiger partial charge in [0.25, 0.3) is 5.91 Å². The van der Waals surface area contributed by atoms with Gasteiger partial charge in [-0.15, -0.1) is 0 Å². The van der Waals surface area contributed by atoms with Crippen molar-refractivity contribution in [2.75, 3.05) is 18.4 Å². The minimum absolute atomic E-state index is 0.109. The number of carbonyl (C=O) groups is 2. The molecule has 6 heteroatoms. The lowest BCUT2D eigenvalue weighted by molar-refractivity contribution is -0.127. The molecular formula is C17H22N4O2. The SMILES string of the molecule is CC(=O)N1CCC(Nc2ccc(C(N)=O)c3[nH]c(C)c(C)c23)C1. The molecule has 0 aliphatic carbocycles. The molecule has 4 N–H and O–H groups in total. The van der Waals surface area contributed by atoms with E-state index < -0.39 is 5.91 Å². The third-order valence-electron chi connectivity index (χ3n) is 4.71. The van der Waals surface area contributed by atoms with E-state index in [0.29, 0.717) is 12.1 Å². The van der Waals surface area contributed by atoms with Crippen LogP contribution in [0.1, 0.15) is 35.0 Å². The number of carbonyl (C=O) groups excluding carboxylic acids is 2. The number of fused-ring (bicyclic) bond motifs is 1. The molecule has 2 heterocycles. The lowest BCUT2D eigenvalue weighted by Crippen LogP contribution is -2.29. The van der Waals surface area contributed by atoms with Gasteiger partial charge in [-0.25, -0.2) is 0 Å². The first-order valence-corrected chi connectivity index (χ1v) is 7.82. The highest BCUT2D eigenvalue weighted by atomic mass is 16.2. The summed E-state index contributed by atoms with van der Waals surface area (Å²) in [6.45, 7) is 7.09. The first kappa shape index (κ1) is 15.4. The van der Waals surface area contributed by atoms with Gasteiger partial charge in [0, 0.05) is 42.8 Å². The molecule has 1 aliphatic heterocycles. The number of aryl methyl sites for hydroxylation is 2. The number of primary amides is 1. The number of nitrogens with two attached hydrogens (primary N) is 1. The summed E-state index contributed by atoms with van der Waals surface area (Å²) in [4.78, 5) is 28.2. The van der Waals surface area contributed by atoms with Gasteiger partial charge in [0.1, 0.15) is 0 Å². The Hall–Kier alpha value is -2.50. The van der Waals surface area contributed by atoms with Crippen LogP contribution in [0.3, 0.4) is 0 Å². The molecule has 0 spiro atoms. The maximum Gasteiger partial charge on any atom is 0.250 e. The largest absolute Gasteiger partial charge is 0.380 e. The van der Waals surface area contributed by atoms with E-state index in [9.17, 15) is 9.59 Å². The summed E-state index contributed by atoms with van der Waals surface area (Å²) in [5, 5.41) is 4.52. The zero-order chi connectivity index (χ0) is 16.7. The number of amides is 2. The van der Waals surface area contributed by atoms with Crippen LogP contribution in [0.2, 0.25) is 0 Å². The Morgan fingerprint density at radius 3 is 2.70 bits per heavy atom. The normalized spacial score (nSPS) is 17.7. The van der Waals surface area contributed by atoms with E-state index in [1.807, 2.05) is 24.8 Å². The van der Waals surface area contributed by atoms with Crippen LogP contribution in [0.5, 0.6) is 0 Å². The average Bonchev–Trinajstić information content (AvgIpc) is 3.05.